The molecule has 3 aromatic rings. The Morgan fingerprint density at radius 1 is 0.581 bits per heavy atom. The third-order valence-electron chi connectivity index (χ3n) is 4.46. The summed E-state index contributed by atoms with van der Waals surface area (Å²) in [6, 6.07) is 7.79. The molecule has 0 spiro atoms. The van der Waals surface area contributed by atoms with Crippen molar-refractivity contribution in [3.05, 3.63) is 75.9 Å². The van der Waals surface area contributed by atoms with Gasteiger partial charge in [-0.2, -0.15) is 26.3 Å². The number of halogens is 6. The minimum absolute atomic E-state index is 0.300. The van der Waals surface area contributed by atoms with Crippen LogP contribution in [0, 0.1) is 0 Å². The van der Waals surface area contributed by atoms with Gasteiger partial charge in [0.05, 0.1) is 11.1 Å². The van der Waals surface area contributed by atoms with E-state index in [-0.39, 0.29) is 11.1 Å². The first-order valence-electron chi connectivity index (χ1n) is 8.48. The van der Waals surface area contributed by atoms with Crippen molar-refractivity contribution in [2.45, 2.75) is 12.4 Å². The summed E-state index contributed by atoms with van der Waals surface area (Å²) >= 11 is 0. The van der Waals surface area contributed by atoms with Crippen molar-refractivity contribution >= 4 is 0 Å². The van der Waals surface area contributed by atoms with Crippen molar-refractivity contribution in [1.82, 2.24) is 0 Å². The number of hydrogen-bond donors (Lipinski definition) is 3. The van der Waals surface area contributed by atoms with Gasteiger partial charge in [-0.3, -0.25) is 4.79 Å². The maximum Gasteiger partial charge on any atom is 0.416 e. The van der Waals surface area contributed by atoms with Crippen LogP contribution in [0.25, 0.3) is 22.3 Å². The van der Waals surface area contributed by atoms with Gasteiger partial charge in [-0.25, -0.2) is 0 Å². The molecule has 0 bridgehead atoms. The topological polar surface area (TPSA) is 77.8 Å². The predicted molar refractivity (Wildman–Crippen MR) is 98.6 cm³/mol. The molecular weight excluding hydrogens is 430 g/mol. The van der Waals surface area contributed by atoms with E-state index in [1.165, 1.54) is 0 Å². The second-order valence-corrected chi connectivity index (χ2v) is 6.50. The van der Waals surface area contributed by atoms with Gasteiger partial charge in [-0.1, -0.05) is 24.3 Å². The largest absolute Gasteiger partial charge is 0.504 e. The van der Waals surface area contributed by atoms with Crippen LogP contribution in [0.1, 0.15) is 11.1 Å². The van der Waals surface area contributed by atoms with Crippen LogP contribution < -0.4 is 5.43 Å². The normalized spacial score (nSPS) is 12.1. The van der Waals surface area contributed by atoms with Crippen LogP contribution in [-0.2, 0) is 12.4 Å². The molecule has 0 aromatic heterocycles. The zero-order valence-corrected chi connectivity index (χ0v) is 15.2. The number of rotatable bonds is 2. The monoisotopic (exact) mass is 442 g/mol. The Balaban J connectivity index is 2.36. The van der Waals surface area contributed by atoms with E-state index < -0.39 is 57.3 Å². The highest BCUT2D eigenvalue weighted by molar-refractivity contribution is 5.81. The third kappa shape index (κ3) is 4.27. The molecular formula is C21H12F6O4. The Bertz CT molecular complexity index is 1220. The molecule has 0 radical (unpaired) electrons. The highest BCUT2D eigenvalue weighted by Crippen LogP contribution is 2.42. The first kappa shape index (κ1) is 22.0. The lowest BCUT2D eigenvalue weighted by molar-refractivity contribution is -0.138. The summed E-state index contributed by atoms with van der Waals surface area (Å²) in [5.74, 6) is -3.70. The molecule has 3 rings (SSSR count). The van der Waals surface area contributed by atoms with Crippen LogP contribution >= 0.6 is 0 Å². The molecule has 4 nitrogen and oxygen atoms in total. The molecule has 0 fully saturated rings. The zero-order chi connectivity index (χ0) is 23.1. The van der Waals surface area contributed by atoms with Crippen molar-refractivity contribution in [3.8, 4) is 39.5 Å². The fourth-order valence-electron chi connectivity index (χ4n) is 2.92. The lowest BCUT2D eigenvalue weighted by Gasteiger charge is -2.10. The van der Waals surface area contributed by atoms with Gasteiger partial charge >= 0.3 is 12.4 Å². The number of benzene rings is 2. The second-order valence-electron chi connectivity index (χ2n) is 6.50. The predicted octanol–water partition coefficient (Wildman–Crippen LogP) is 5.54. The first-order chi connectivity index (χ1) is 14.3. The molecule has 3 N–H and O–H groups in total. The summed E-state index contributed by atoms with van der Waals surface area (Å²) in [7, 11) is 0. The minimum Gasteiger partial charge on any atom is -0.504 e. The Morgan fingerprint density at radius 2 is 1.00 bits per heavy atom. The van der Waals surface area contributed by atoms with Crippen LogP contribution in [0.2, 0.25) is 0 Å². The number of alkyl halides is 6. The SMILES string of the molecule is O=c1c(O)c(-c2cccc(C(F)(F)F)c2)cc(-c2cccc(C(F)(F)F)c2)c(O)c1O. The molecule has 3 aromatic carbocycles. The van der Waals surface area contributed by atoms with Crippen LogP contribution in [0.3, 0.4) is 0 Å². The van der Waals surface area contributed by atoms with Gasteiger partial charge in [0.1, 0.15) is 0 Å². The lowest BCUT2D eigenvalue weighted by atomic mass is 9.99. The van der Waals surface area contributed by atoms with Crippen molar-refractivity contribution < 1.29 is 41.7 Å². The van der Waals surface area contributed by atoms with Gasteiger partial charge in [0, 0.05) is 11.1 Å². The van der Waals surface area contributed by atoms with E-state index in [0.29, 0.717) is 12.1 Å². The van der Waals surface area contributed by atoms with Gasteiger partial charge in [0.25, 0.3) is 5.43 Å². The Hall–Kier alpha value is -3.69. The summed E-state index contributed by atoms with van der Waals surface area (Å²) in [6.07, 6.45) is -9.50. The van der Waals surface area contributed by atoms with Gasteiger partial charge < -0.3 is 15.3 Å². The number of hydrogen-bond acceptors (Lipinski definition) is 4. The fourth-order valence-corrected chi connectivity index (χ4v) is 2.92. The second kappa shape index (κ2) is 7.53. The fraction of sp³-hybridized carbons (Fsp3) is 0.0952. The van der Waals surface area contributed by atoms with Crippen molar-refractivity contribution in [2.24, 2.45) is 0 Å². The summed E-state index contributed by atoms with van der Waals surface area (Å²) in [5, 5.41) is 30.4. The molecule has 0 saturated carbocycles. The smallest absolute Gasteiger partial charge is 0.416 e. The highest BCUT2D eigenvalue weighted by atomic mass is 19.4. The average Bonchev–Trinajstić information content (AvgIpc) is 2.78. The molecule has 0 aliphatic rings. The molecule has 0 saturated heterocycles. The quantitative estimate of drug-likeness (QED) is 0.456. The first-order valence-corrected chi connectivity index (χ1v) is 8.48. The molecule has 162 valence electrons. The molecule has 0 aliphatic carbocycles. The molecule has 0 atom stereocenters. The van der Waals surface area contributed by atoms with Crippen LogP contribution in [-0.4, -0.2) is 15.3 Å². The van der Waals surface area contributed by atoms with E-state index in [9.17, 15) is 46.5 Å². The summed E-state index contributed by atoms with van der Waals surface area (Å²) < 4.78 is 78.3. The lowest BCUT2D eigenvalue weighted by Crippen LogP contribution is -2.04. The van der Waals surface area contributed by atoms with Crippen LogP contribution in [0.4, 0.5) is 26.3 Å². The van der Waals surface area contributed by atoms with Crippen LogP contribution in [0.15, 0.2) is 59.4 Å². The Morgan fingerprint density at radius 3 is 1.42 bits per heavy atom. The Kier molecular flexibility index (Phi) is 5.35. The van der Waals surface area contributed by atoms with Crippen LogP contribution in [0.5, 0.6) is 17.2 Å². The maximum absolute atomic E-state index is 13.1. The van der Waals surface area contributed by atoms with Gasteiger partial charge in [0.15, 0.2) is 11.5 Å². The van der Waals surface area contributed by atoms with E-state index >= 15 is 0 Å². The van der Waals surface area contributed by atoms with Gasteiger partial charge in [-0.05, 0) is 41.5 Å². The summed E-state index contributed by atoms with van der Waals surface area (Å²) in [4.78, 5) is 12.2. The highest BCUT2D eigenvalue weighted by Gasteiger charge is 2.32. The van der Waals surface area contributed by atoms with E-state index in [0.717, 1.165) is 42.5 Å². The standard InChI is InChI=1S/C21H12F6O4/c22-20(23,24)12-5-1-3-10(7-12)14-9-15(17(29)19(31)18(30)16(14)28)11-4-2-6-13(8-11)21(25,26)27/h1-9H,(H3,28,29,30,31). The summed E-state index contributed by atoms with van der Waals surface area (Å²) in [5.41, 5.74) is -5.38. The van der Waals surface area contributed by atoms with E-state index in [1.54, 1.807) is 0 Å². The van der Waals surface area contributed by atoms with Crippen molar-refractivity contribution in [2.75, 3.05) is 0 Å². The van der Waals surface area contributed by atoms with Gasteiger partial charge in [0.2, 0.25) is 5.75 Å². The van der Waals surface area contributed by atoms with Crippen molar-refractivity contribution in [1.29, 1.82) is 0 Å². The maximum atomic E-state index is 13.1. The molecule has 0 heterocycles. The molecule has 0 aliphatic heterocycles. The zero-order valence-electron chi connectivity index (χ0n) is 15.2. The average molecular weight is 442 g/mol. The molecule has 10 heteroatoms. The molecule has 0 unspecified atom stereocenters. The van der Waals surface area contributed by atoms with Gasteiger partial charge in [-0.15, -0.1) is 0 Å². The minimum atomic E-state index is -4.75. The third-order valence-corrected chi connectivity index (χ3v) is 4.46. The van der Waals surface area contributed by atoms with E-state index in [1.807, 2.05) is 0 Å². The summed E-state index contributed by atoms with van der Waals surface area (Å²) in [6.45, 7) is 0. The van der Waals surface area contributed by atoms with Crippen molar-refractivity contribution in [3.63, 3.8) is 0 Å². The Labute approximate surface area is 170 Å². The van der Waals surface area contributed by atoms with E-state index in [4.69, 9.17) is 0 Å². The number of aromatic hydroxyl groups is 3. The van der Waals surface area contributed by atoms with E-state index in [2.05, 4.69) is 0 Å². The molecule has 31 heavy (non-hydrogen) atoms. The molecule has 0 amide bonds.